The van der Waals surface area contributed by atoms with Gasteiger partial charge in [-0.1, -0.05) is 12.8 Å². The molecule has 0 spiro atoms. The molecule has 3 heteroatoms. The van der Waals surface area contributed by atoms with Gasteiger partial charge < -0.3 is 9.88 Å². The first-order valence-electron chi connectivity index (χ1n) is 7.28. The monoisotopic (exact) mass is 260 g/mol. The highest BCUT2D eigenvalue weighted by molar-refractivity contribution is 5.84. The normalized spacial score (nSPS) is 16.5. The van der Waals surface area contributed by atoms with Gasteiger partial charge in [0.15, 0.2) is 0 Å². The lowest BCUT2D eigenvalue weighted by Crippen LogP contribution is -2.25. The Morgan fingerprint density at radius 3 is 2.84 bits per heavy atom. The largest absolute Gasteiger partial charge is 0.347 e. The van der Waals surface area contributed by atoms with Crippen molar-refractivity contribution in [3.8, 4) is 0 Å². The summed E-state index contributed by atoms with van der Waals surface area (Å²) >= 11 is 0. The van der Waals surface area contributed by atoms with E-state index in [9.17, 15) is 4.39 Å². The quantitative estimate of drug-likeness (QED) is 0.884. The Morgan fingerprint density at radius 1 is 1.32 bits per heavy atom. The van der Waals surface area contributed by atoms with Gasteiger partial charge in [0.25, 0.3) is 0 Å². The van der Waals surface area contributed by atoms with Crippen LogP contribution in [0.25, 0.3) is 10.9 Å². The van der Waals surface area contributed by atoms with Crippen molar-refractivity contribution >= 4 is 10.9 Å². The second kappa shape index (κ2) is 5.33. The molecule has 1 aromatic heterocycles. The first-order chi connectivity index (χ1) is 9.28. The van der Waals surface area contributed by atoms with Crippen molar-refractivity contribution in [1.29, 1.82) is 0 Å². The average Bonchev–Trinajstić information content (AvgIpc) is 3.03. The molecule has 3 rings (SSSR count). The number of benzene rings is 1. The number of aromatic nitrogens is 1. The molecular formula is C16H21FN2. The van der Waals surface area contributed by atoms with Gasteiger partial charge >= 0.3 is 0 Å². The first-order valence-corrected chi connectivity index (χ1v) is 7.28. The van der Waals surface area contributed by atoms with Gasteiger partial charge in [0.2, 0.25) is 0 Å². The highest BCUT2D eigenvalue weighted by atomic mass is 19.1. The molecular weight excluding hydrogens is 239 g/mol. The van der Waals surface area contributed by atoms with E-state index >= 15 is 0 Å². The number of halogens is 1. The summed E-state index contributed by atoms with van der Waals surface area (Å²) < 4.78 is 15.5. The molecule has 1 aromatic carbocycles. The summed E-state index contributed by atoms with van der Waals surface area (Å²) in [6.45, 7) is 3.86. The molecule has 0 radical (unpaired) electrons. The van der Waals surface area contributed by atoms with Crippen molar-refractivity contribution in [2.45, 2.75) is 51.7 Å². The fourth-order valence-corrected chi connectivity index (χ4v) is 3.13. The summed E-state index contributed by atoms with van der Waals surface area (Å²) in [5.41, 5.74) is 2.29. The van der Waals surface area contributed by atoms with Gasteiger partial charge in [0.05, 0.1) is 5.52 Å². The number of nitrogens with one attached hydrogen (secondary N) is 1. The third-order valence-corrected chi connectivity index (χ3v) is 4.20. The van der Waals surface area contributed by atoms with Crippen LogP contribution in [0, 0.1) is 5.82 Å². The third-order valence-electron chi connectivity index (χ3n) is 4.20. The Bertz CT molecular complexity index is 567. The van der Waals surface area contributed by atoms with E-state index in [1.54, 1.807) is 12.1 Å². The molecule has 1 saturated carbocycles. The van der Waals surface area contributed by atoms with Crippen LogP contribution < -0.4 is 5.32 Å². The van der Waals surface area contributed by atoms with Crippen molar-refractivity contribution in [3.05, 3.63) is 35.8 Å². The number of hydrogen-bond acceptors (Lipinski definition) is 1. The van der Waals surface area contributed by atoms with Crippen LogP contribution >= 0.6 is 0 Å². The van der Waals surface area contributed by atoms with Gasteiger partial charge in [-0.3, -0.25) is 0 Å². The summed E-state index contributed by atoms with van der Waals surface area (Å²) in [7, 11) is 0. The minimum absolute atomic E-state index is 0.157. The predicted octanol–water partition coefficient (Wildman–Crippen LogP) is 3.83. The van der Waals surface area contributed by atoms with Gasteiger partial charge in [-0.25, -0.2) is 4.39 Å². The summed E-state index contributed by atoms with van der Waals surface area (Å²) in [5, 5.41) is 4.81. The summed E-state index contributed by atoms with van der Waals surface area (Å²) in [6, 6.07) is 5.77. The van der Waals surface area contributed by atoms with E-state index in [1.165, 1.54) is 36.6 Å². The predicted molar refractivity (Wildman–Crippen MR) is 76.7 cm³/mol. The fourth-order valence-electron chi connectivity index (χ4n) is 3.13. The first kappa shape index (κ1) is 12.7. The summed E-state index contributed by atoms with van der Waals surface area (Å²) in [4.78, 5) is 0. The minimum atomic E-state index is -0.157. The van der Waals surface area contributed by atoms with Gasteiger partial charge in [0, 0.05) is 30.7 Å². The van der Waals surface area contributed by atoms with E-state index in [2.05, 4.69) is 23.0 Å². The highest BCUT2D eigenvalue weighted by Crippen LogP contribution is 2.24. The van der Waals surface area contributed by atoms with Crippen LogP contribution in [-0.2, 0) is 13.1 Å². The number of aryl methyl sites for hydroxylation is 1. The molecule has 2 aromatic rings. The van der Waals surface area contributed by atoms with E-state index in [0.29, 0.717) is 6.04 Å². The molecule has 102 valence electrons. The van der Waals surface area contributed by atoms with Gasteiger partial charge in [0.1, 0.15) is 5.82 Å². The van der Waals surface area contributed by atoms with Crippen molar-refractivity contribution in [2.24, 2.45) is 0 Å². The lowest BCUT2D eigenvalue weighted by atomic mass is 10.1. The Labute approximate surface area is 113 Å². The van der Waals surface area contributed by atoms with E-state index in [0.717, 1.165) is 18.6 Å². The molecule has 2 nitrogen and oxygen atoms in total. The minimum Gasteiger partial charge on any atom is -0.347 e. The van der Waals surface area contributed by atoms with Crippen LogP contribution in [0.15, 0.2) is 24.4 Å². The number of fused-ring (bicyclic) bond motifs is 1. The second-order valence-corrected chi connectivity index (χ2v) is 5.46. The third kappa shape index (κ3) is 2.52. The lowest BCUT2D eigenvalue weighted by molar-refractivity contribution is 0.525. The molecule has 1 aliphatic carbocycles. The molecule has 0 atom stereocenters. The van der Waals surface area contributed by atoms with E-state index < -0.39 is 0 Å². The van der Waals surface area contributed by atoms with E-state index in [4.69, 9.17) is 0 Å². The van der Waals surface area contributed by atoms with Crippen molar-refractivity contribution in [1.82, 2.24) is 9.88 Å². The Hall–Kier alpha value is -1.35. The molecule has 0 unspecified atom stereocenters. The second-order valence-electron chi connectivity index (χ2n) is 5.46. The lowest BCUT2D eigenvalue weighted by Gasteiger charge is -2.10. The maximum absolute atomic E-state index is 13.4. The molecule has 1 heterocycles. The molecule has 1 N–H and O–H groups in total. The molecule has 1 fully saturated rings. The van der Waals surface area contributed by atoms with Crippen molar-refractivity contribution in [2.75, 3.05) is 0 Å². The SMILES string of the molecule is CCn1cc(CNC2CCCC2)c2ccc(F)cc21. The fraction of sp³-hybridized carbons (Fsp3) is 0.500. The average molecular weight is 260 g/mol. The van der Waals surface area contributed by atoms with Crippen LogP contribution in [0.3, 0.4) is 0 Å². The van der Waals surface area contributed by atoms with Crippen LogP contribution in [-0.4, -0.2) is 10.6 Å². The Morgan fingerprint density at radius 2 is 2.11 bits per heavy atom. The van der Waals surface area contributed by atoms with E-state index in [-0.39, 0.29) is 5.82 Å². The summed E-state index contributed by atoms with van der Waals surface area (Å²) in [6.07, 6.45) is 7.44. The zero-order valence-corrected chi connectivity index (χ0v) is 11.5. The Balaban J connectivity index is 1.85. The number of hydrogen-bond donors (Lipinski definition) is 1. The van der Waals surface area contributed by atoms with Crippen LogP contribution in [0.2, 0.25) is 0 Å². The maximum atomic E-state index is 13.4. The molecule has 0 amide bonds. The van der Waals surface area contributed by atoms with Gasteiger partial charge in [-0.05, 0) is 43.5 Å². The van der Waals surface area contributed by atoms with Crippen LogP contribution in [0.5, 0.6) is 0 Å². The van der Waals surface area contributed by atoms with E-state index in [1.807, 2.05) is 6.07 Å². The summed E-state index contributed by atoms with van der Waals surface area (Å²) in [5.74, 6) is -0.157. The molecule has 1 aliphatic rings. The number of rotatable bonds is 4. The van der Waals surface area contributed by atoms with Crippen LogP contribution in [0.4, 0.5) is 4.39 Å². The molecule has 0 bridgehead atoms. The van der Waals surface area contributed by atoms with Crippen molar-refractivity contribution < 1.29 is 4.39 Å². The molecule has 0 saturated heterocycles. The van der Waals surface area contributed by atoms with Gasteiger partial charge in [-0.15, -0.1) is 0 Å². The zero-order valence-electron chi connectivity index (χ0n) is 11.5. The molecule has 0 aliphatic heterocycles. The smallest absolute Gasteiger partial charge is 0.125 e. The zero-order chi connectivity index (χ0) is 13.2. The van der Waals surface area contributed by atoms with Crippen molar-refractivity contribution in [3.63, 3.8) is 0 Å². The topological polar surface area (TPSA) is 17.0 Å². The molecule has 19 heavy (non-hydrogen) atoms. The number of nitrogens with zero attached hydrogens (tertiary/aromatic N) is 1. The maximum Gasteiger partial charge on any atom is 0.125 e. The van der Waals surface area contributed by atoms with Crippen LogP contribution in [0.1, 0.15) is 38.2 Å². The standard InChI is InChI=1S/C16H21FN2/c1-2-19-11-12(10-18-14-5-3-4-6-14)15-8-7-13(17)9-16(15)19/h7-9,11,14,18H,2-6,10H2,1H3. The Kier molecular flexibility index (Phi) is 3.56. The highest BCUT2D eigenvalue weighted by Gasteiger charge is 2.15. The van der Waals surface area contributed by atoms with Gasteiger partial charge in [-0.2, -0.15) is 0 Å².